The summed E-state index contributed by atoms with van der Waals surface area (Å²) in [5, 5.41) is 1.48. The molecule has 6 aromatic rings. The van der Waals surface area contributed by atoms with Crippen LogP contribution in [0.15, 0.2) is 128 Å². The van der Waals surface area contributed by atoms with Crippen molar-refractivity contribution in [3.05, 3.63) is 162 Å². The summed E-state index contributed by atoms with van der Waals surface area (Å²) in [5.74, 6) is 0.531. The predicted octanol–water partition coefficient (Wildman–Crippen LogP) is 10.3. The standard InChI is InChI=1S/C24H18N.C18H24NSi.Ir/c1-3-8-19(9-4-1)16-20-14-15-25-24(17-20)23-13-7-12-22(18-23)21-10-5-2-6-11-21;1-13(2)16-11-17(15-9-7-14(3)8-10-15)19-12-18(16)20(4,5)6;/h1-12,14-15,17-18H,16H2;7-9,11-13H,1-6H3;/q2*-1;. The Hall–Kier alpha value is -3.95. The van der Waals surface area contributed by atoms with Gasteiger partial charge in [0.1, 0.15) is 0 Å². The first kappa shape index (κ1) is 34.9. The van der Waals surface area contributed by atoms with E-state index in [2.05, 4.69) is 155 Å². The number of hydrogen-bond donors (Lipinski definition) is 0. The van der Waals surface area contributed by atoms with Gasteiger partial charge in [-0.3, -0.25) is 0 Å². The van der Waals surface area contributed by atoms with Gasteiger partial charge in [-0.1, -0.05) is 119 Å². The number of aryl methyl sites for hydroxylation is 1. The average Bonchev–Trinajstić information content (AvgIpc) is 3.06. The molecule has 0 unspecified atom stereocenters. The predicted molar refractivity (Wildman–Crippen MR) is 194 cm³/mol. The van der Waals surface area contributed by atoms with E-state index < -0.39 is 8.07 Å². The Morgan fingerprint density at radius 2 is 1.37 bits per heavy atom. The third-order valence-electron chi connectivity index (χ3n) is 7.87. The Morgan fingerprint density at radius 1 is 0.674 bits per heavy atom. The van der Waals surface area contributed by atoms with Gasteiger partial charge in [0.15, 0.2) is 0 Å². The molecule has 0 aliphatic heterocycles. The van der Waals surface area contributed by atoms with Gasteiger partial charge in [-0.05, 0) is 51.7 Å². The van der Waals surface area contributed by atoms with Crippen LogP contribution in [0.5, 0.6) is 0 Å². The number of pyridine rings is 2. The van der Waals surface area contributed by atoms with Crippen molar-refractivity contribution in [1.82, 2.24) is 9.97 Å². The summed E-state index contributed by atoms with van der Waals surface area (Å²) in [7, 11) is -1.35. The maximum absolute atomic E-state index is 4.69. The molecular formula is C42H42IrN2Si-2. The zero-order valence-electron chi connectivity index (χ0n) is 27.6. The number of rotatable bonds is 7. The van der Waals surface area contributed by atoms with Crippen LogP contribution in [0.4, 0.5) is 0 Å². The third-order valence-corrected chi connectivity index (χ3v) is 9.90. The molecular weight excluding hydrogens is 753 g/mol. The van der Waals surface area contributed by atoms with Crippen molar-refractivity contribution in [1.29, 1.82) is 0 Å². The molecule has 0 fully saturated rings. The van der Waals surface area contributed by atoms with Crippen LogP contribution in [0.1, 0.15) is 42.0 Å². The molecule has 0 aliphatic carbocycles. The number of nitrogens with zero attached hydrogens (tertiary/aromatic N) is 2. The third kappa shape index (κ3) is 9.30. The molecule has 1 radical (unpaired) electrons. The normalized spacial score (nSPS) is 10.9. The molecule has 235 valence electrons. The summed E-state index contributed by atoms with van der Waals surface area (Å²) in [6, 6.07) is 46.5. The van der Waals surface area contributed by atoms with Crippen molar-refractivity contribution in [2.75, 3.05) is 0 Å². The fourth-order valence-corrected chi connectivity index (χ4v) is 7.05. The van der Waals surface area contributed by atoms with E-state index in [4.69, 9.17) is 4.98 Å². The fraction of sp³-hybridized carbons (Fsp3) is 0.190. The Kier molecular flexibility index (Phi) is 12.2. The summed E-state index contributed by atoms with van der Waals surface area (Å²) >= 11 is 0. The van der Waals surface area contributed by atoms with E-state index >= 15 is 0 Å². The minimum absolute atomic E-state index is 0. The van der Waals surface area contributed by atoms with Crippen LogP contribution in [0.3, 0.4) is 0 Å². The summed E-state index contributed by atoms with van der Waals surface area (Å²) in [5.41, 5.74) is 11.7. The van der Waals surface area contributed by atoms with Gasteiger partial charge in [0.05, 0.1) is 8.07 Å². The SMILES string of the molecule is Cc1c[c-]c(-c2cc(C(C)C)c([Si](C)(C)C)cn2)cc1.[Ir].[c-]1ccc(-c2ccccc2)cc1-c1cc(Cc2ccccc2)ccn1. The van der Waals surface area contributed by atoms with Gasteiger partial charge >= 0.3 is 0 Å². The van der Waals surface area contributed by atoms with Crippen LogP contribution in [0, 0.1) is 19.1 Å². The van der Waals surface area contributed by atoms with E-state index in [1.807, 2.05) is 30.5 Å². The summed E-state index contributed by atoms with van der Waals surface area (Å²) in [6.07, 6.45) is 4.90. The smallest absolute Gasteiger partial charge is 0.0799 e. The maximum Gasteiger partial charge on any atom is 0.0799 e. The van der Waals surface area contributed by atoms with E-state index in [0.717, 1.165) is 28.9 Å². The maximum atomic E-state index is 4.69. The van der Waals surface area contributed by atoms with E-state index in [1.165, 1.54) is 38.6 Å². The van der Waals surface area contributed by atoms with Gasteiger partial charge in [-0.25, -0.2) is 0 Å². The van der Waals surface area contributed by atoms with Crippen molar-refractivity contribution >= 4 is 13.3 Å². The largest absolute Gasteiger partial charge is 0.305 e. The second kappa shape index (κ2) is 16.0. The Bertz CT molecular complexity index is 1830. The zero-order valence-corrected chi connectivity index (χ0v) is 31.0. The molecule has 0 saturated carbocycles. The van der Waals surface area contributed by atoms with E-state index in [-0.39, 0.29) is 20.1 Å². The van der Waals surface area contributed by atoms with Crippen LogP contribution >= 0.6 is 0 Å². The fourth-order valence-electron chi connectivity index (χ4n) is 5.37. The molecule has 0 amide bonds. The molecule has 0 aliphatic rings. The molecule has 6 rings (SSSR count). The van der Waals surface area contributed by atoms with E-state index in [1.54, 1.807) is 0 Å². The first-order valence-corrected chi connectivity index (χ1v) is 19.2. The molecule has 4 aromatic carbocycles. The van der Waals surface area contributed by atoms with E-state index in [9.17, 15) is 0 Å². The van der Waals surface area contributed by atoms with Crippen LogP contribution in [0.25, 0.3) is 33.6 Å². The van der Waals surface area contributed by atoms with Gasteiger partial charge in [-0.2, -0.15) is 0 Å². The minimum Gasteiger partial charge on any atom is -0.305 e. The quantitative estimate of drug-likeness (QED) is 0.119. The zero-order chi connectivity index (χ0) is 31.8. The molecule has 0 spiro atoms. The average molecular weight is 795 g/mol. The van der Waals surface area contributed by atoms with Crippen LogP contribution in [-0.2, 0) is 26.5 Å². The first-order valence-electron chi connectivity index (χ1n) is 15.7. The van der Waals surface area contributed by atoms with Gasteiger partial charge < -0.3 is 9.97 Å². The van der Waals surface area contributed by atoms with Crippen molar-refractivity contribution in [3.8, 4) is 33.6 Å². The molecule has 4 heteroatoms. The topological polar surface area (TPSA) is 25.8 Å². The molecule has 46 heavy (non-hydrogen) atoms. The first-order chi connectivity index (χ1) is 21.7. The van der Waals surface area contributed by atoms with Crippen molar-refractivity contribution in [2.45, 2.75) is 52.8 Å². The summed E-state index contributed by atoms with van der Waals surface area (Å²) in [6.45, 7) is 13.8. The number of hydrogen-bond acceptors (Lipinski definition) is 2. The molecule has 2 heterocycles. The van der Waals surface area contributed by atoms with Crippen LogP contribution in [-0.4, -0.2) is 18.0 Å². The Morgan fingerprint density at radius 3 is 2.02 bits per heavy atom. The van der Waals surface area contributed by atoms with Gasteiger partial charge in [0, 0.05) is 32.5 Å². The van der Waals surface area contributed by atoms with Crippen molar-refractivity contribution in [2.24, 2.45) is 0 Å². The minimum atomic E-state index is -1.35. The second-order valence-corrected chi connectivity index (χ2v) is 17.9. The van der Waals surface area contributed by atoms with Crippen LogP contribution in [0.2, 0.25) is 19.6 Å². The number of benzene rings is 4. The van der Waals surface area contributed by atoms with Crippen molar-refractivity contribution < 1.29 is 20.1 Å². The summed E-state index contributed by atoms with van der Waals surface area (Å²) in [4.78, 5) is 9.25. The molecule has 0 saturated heterocycles. The van der Waals surface area contributed by atoms with Gasteiger partial charge in [0.2, 0.25) is 0 Å². The monoisotopic (exact) mass is 795 g/mol. The molecule has 0 bridgehead atoms. The molecule has 2 aromatic heterocycles. The van der Waals surface area contributed by atoms with Gasteiger partial charge in [-0.15, -0.1) is 70.8 Å². The second-order valence-electron chi connectivity index (χ2n) is 12.9. The molecule has 2 nitrogen and oxygen atoms in total. The summed E-state index contributed by atoms with van der Waals surface area (Å²) < 4.78 is 0. The van der Waals surface area contributed by atoms with Crippen molar-refractivity contribution in [3.63, 3.8) is 0 Å². The van der Waals surface area contributed by atoms with Gasteiger partial charge in [0.25, 0.3) is 0 Å². The molecule has 0 atom stereocenters. The molecule has 0 N–H and O–H groups in total. The van der Waals surface area contributed by atoms with Crippen LogP contribution < -0.4 is 5.19 Å². The van der Waals surface area contributed by atoms with E-state index in [0.29, 0.717) is 5.92 Å². The Balaban J connectivity index is 0.000000210. The Labute approximate surface area is 290 Å². The number of aromatic nitrogens is 2.